The molecule has 13 heteroatoms. The number of aliphatic hydroxyl groups excluding tert-OH is 1. The van der Waals surface area contributed by atoms with Crippen molar-refractivity contribution in [2.75, 3.05) is 14.1 Å². The molecule has 4 bridgehead atoms. The fraction of sp³-hybridized carbons (Fsp3) is 0.929. The number of hydrogen-bond acceptors (Lipinski definition) is 10. The van der Waals surface area contributed by atoms with E-state index in [0.29, 0.717) is 65.2 Å². The lowest BCUT2D eigenvalue weighted by Crippen LogP contribution is -2.54. The molecule has 1 aromatic carbocycles. The van der Waals surface area contributed by atoms with E-state index in [4.69, 9.17) is 0 Å². The monoisotopic (exact) mass is 1400 g/mol. The van der Waals surface area contributed by atoms with Gasteiger partial charge in [-0.05, 0) is 229 Å². The Kier molecular flexibility index (Phi) is 50.0. The van der Waals surface area contributed by atoms with Crippen LogP contribution in [0.2, 0.25) is 0 Å². The zero-order valence-corrected chi connectivity index (χ0v) is 72.4. The number of fused-ring (bicyclic) bond motifs is 4. The summed E-state index contributed by atoms with van der Waals surface area (Å²) in [4.78, 5) is 4.83. The third-order valence-electron chi connectivity index (χ3n) is 20.4. The summed E-state index contributed by atoms with van der Waals surface area (Å²) in [5.41, 5.74) is 0.449. The van der Waals surface area contributed by atoms with E-state index in [-0.39, 0.29) is 29.1 Å². The highest BCUT2D eigenvalue weighted by atomic mass is 19.4. The number of aliphatic hydroxyl groups is 1. The molecular formula is C85H176F3N9O. The molecule has 8 atom stereocenters. The lowest BCUT2D eigenvalue weighted by molar-refractivity contribution is -0.187. The van der Waals surface area contributed by atoms with Gasteiger partial charge in [0.25, 0.3) is 0 Å². The van der Waals surface area contributed by atoms with Gasteiger partial charge in [0.05, 0.1) is 6.10 Å². The lowest BCUT2D eigenvalue weighted by atomic mass is 9.88. The van der Waals surface area contributed by atoms with Crippen LogP contribution in [0.1, 0.15) is 351 Å². The van der Waals surface area contributed by atoms with Crippen LogP contribution in [0, 0.1) is 40.9 Å². The maximum atomic E-state index is 12.1. The zero-order valence-electron chi connectivity index (χ0n) is 72.4. The molecule has 1 aromatic rings. The van der Waals surface area contributed by atoms with E-state index in [2.05, 4.69) is 269 Å². The van der Waals surface area contributed by atoms with Crippen LogP contribution in [0.4, 0.5) is 13.2 Å². The van der Waals surface area contributed by atoms with Crippen molar-refractivity contribution in [3.05, 3.63) is 35.9 Å². The van der Waals surface area contributed by atoms with Gasteiger partial charge in [0.15, 0.2) is 0 Å². The first-order valence-electron chi connectivity index (χ1n) is 40.0. The second-order valence-electron chi connectivity index (χ2n) is 38.0. The second kappa shape index (κ2) is 48.7. The van der Waals surface area contributed by atoms with Crippen molar-refractivity contribution in [1.29, 1.82) is 0 Å². The van der Waals surface area contributed by atoms with Crippen molar-refractivity contribution >= 4 is 0 Å². The molecule has 0 spiro atoms. The molecule has 588 valence electrons. The number of halogens is 3. The highest BCUT2D eigenvalue weighted by Crippen LogP contribution is 2.45. The summed E-state index contributed by atoms with van der Waals surface area (Å²) in [6.45, 7) is 76.3. The molecule has 6 fully saturated rings. The number of hydrogen-bond donors (Lipinski definition) is 8. The van der Waals surface area contributed by atoms with E-state index in [1.54, 1.807) is 13.8 Å². The fourth-order valence-electron chi connectivity index (χ4n) is 13.2. The first kappa shape index (κ1) is 101. The summed E-state index contributed by atoms with van der Waals surface area (Å²) in [6.07, 6.45) is 16.0. The van der Waals surface area contributed by atoms with E-state index in [1.807, 2.05) is 44.2 Å². The van der Waals surface area contributed by atoms with Crippen LogP contribution in [-0.2, 0) is 0 Å². The molecule has 6 aliphatic carbocycles. The lowest BCUT2D eigenvalue weighted by Gasteiger charge is -2.37. The number of rotatable bonds is 19. The highest BCUT2D eigenvalue weighted by molar-refractivity contribution is 5.17. The van der Waals surface area contributed by atoms with Crippen molar-refractivity contribution in [2.45, 2.75) is 458 Å². The van der Waals surface area contributed by atoms with Crippen LogP contribution in [0.25, 0.3) is 0 Å². The second-order valence-corrected chi connectivity index (χ2v) is 38.0. The predicted octanol–water partition coefficient (Wildman–Crippen LogP) is 21.2. The Morgan fingerprint density at radius 3 is 1.00 bits per heavy atom. The maximum Gasteiger partial charge on any atom is 0.406 e. The molecule has 0 saturated heterocycles. The maximum absolute atomic E-state index is 12.1. The number of nitrogens with zero attached hydrogens (tertiary/aromatic N) is 2. The molecule has 0 amide bonds. The van der Waals surface area contributed by atoms with Crippen LogP contribution < -0.4 is 37.2 Å². The van der Waals surface area contributed by atoms with Crippen LogP contribution in [0.3, 0.4) is 0 Å². The average molecular weight is 1400 g/mol. The SMILES string of the molecule is CC(C)C(O)c1ccccc1.CC(C)N(C)C(C)(C)C.CC(C)N(C)C1CCC1.CC(C)NC(C)(C)C.CC(C)NC(C)(C)C(C)C.CC(C)NC(C)(C)C(F)(F)F.CC(C)NC(C)C(C)(C)C.CC(C)NC1CC2CCC1C2.CC(C)NC1CC2CCC1C2.CC(C)NC1CCC1. The first-order chi connectivity index (χ1) is 44.4. The van der Waals surface area contributed by atoms with Gasteiger partial charge in [-0.1, -0.05) is 201 Å². The van der Waals surface area contributed by atoms with E-state index in [9.17, 15) is 18.3 Å². The van der Waals surface area contributed by atoms with Crippen molar-refractivity contribution < 1.29 is 18.3 Å². The molecule has 98 heavy (non-hydrogen) atoms. The molecule has 0 aromatic heterocycles. The Bertz CT molecular complexity index is 2010. The van der Waals surface area contributed by atoms with Crippen LogP contribution in [-0.4, -0.2) is 142 Å². The van der Waals surface area contributed by atoms with Crippen molar-refractivity contribution in [1.82, 2.24) is 47.0 Å². The normalized spacial score (nSPS) is 21.5. The molecular weight excluding hydrogens is 1220 g/mol. The average Bonchev–Trinajstić information content (AvgIpc) is 1.65. The van der Waals surface area contributed by atoms with Gasteiger partial charge in [-0.2, -0.15) is 13.2 Å². The van der Waals surface area contributed by atoms with Crippen molar-refractivity contribution in [3.63, 3.8) is 0 Å². The molecule has 10 nitrogen and oxygen atoms in total. The summed E-state index contributed by atoms with van der Waals surface area (Å²) in [5, 5.41) is 33.2. The van der Waals surface area contributed by atoms with Gasteiger partial charge in [-0.15, -0.1) is 0 Å². The third kappa shape index (κ3) is 48.6. The van der Waals surface area contributed by atoms with Crippen LogP contribution >= 0.6 is 0 Å². The zero-order chi connectivity index (χ0) is 77.2. The van der Waals surface area contributed by atoms with Gasteiger partial charge in [0, 0.05) is 101 Å². The fourth-order valence-corrected chi connectivity index (χ4v) is 13.2. The number of alkyl halides is 3. The third-order valence-corrected chi connectivity index (χ3v) is 20.4. The standard InChI is InChI=1S/2C10H19N.C10H14O.2C9H21N.C8H17N.C8H19N.C7H14F3N.C7H15N.C7H17N/c2*1-7(2)11-10-6-8-3-4-9(10)5-8;1-8(2)10(11)9-6-4-3-5-7-9;1-7(2)10-8(3)9(4,5)6;1-7(2)9(5,6)10-8(3)4;1-7(2)9(3)8-5-4-6-8;1-7(2)9(6)8(3,4)5;1-5(2)11-6(3,4)7(8,9)10;1-6(2)8-7-4-3-5-7;1-6(2)8-7(3,4)5/h2*7-11H,3-6H2,1-2H3;3-8,10-11H,1-2H3;2*7-8,10H,1-6H3;7-8H,4-6H2,1-3H3;7H,1-6H3;5,11H,1-4H3;6-8H,3-5H2,1-2H3;6,8H,1-5H3. The minimum absolute atomic E-state index is 0.161. The van der Waals surface area contributed by atoms with Crippen molar-refractivity contribution in [3.8, 4) is 0 Å². The van der Waals surface area contributed by atoms with Crippen molar-refractivity contribution in [2.24, 2.45) is 40.9 Å². The van der Waals surface area contributed by atoms with E-state index >= 15 is 0 Å². The topological polar surface area (TPSA) is 111 Å². The minimum atomic E-state index is -4.18. The molecule has 0 aliphatic heterocycles. The predicted molar refractivity (Wildman–Crippen MR) is 431 cm³/mol. The van der Waals surface area contributed by atoms with Gasteiger partial charge in [0.2, 0.25) is 0 Å². The molecule has 8 N–H and O–H groups in total. The van der Waals surface area contributed by atoms with E-state index in [0.717, 1.165) is 73.3 Å². The molecule has 0 heterocycles. The van der Waals surface area contributed by atoms with Gasteiger partial charge >= 0.3 is 6.18 Å². The summed E-state index contributed by atoms with van der Waals surface area (Å²) in [7, 11) is 4.39. The first-order valence-corrected chi connectivity index (χ1v) is 40.0. The Balaban J connectivity index is -0.00000103. The van der Waals surface area contributed by atoms with Crippen LogP contribution in [0.5, 0.6) is 0 Å². The Labute approximate surface area is 611 Å². The molecule has 0 radical (unpaired) electrons. The largest absolute Gasteiger partial charge is 0.406 e. The Hall–Kier alpha value is -1.39. The molecule has 7 rings (SSSR count). The van der Waals surface area contributed by atoms with E-state index in [1.165, 1.54) is 89.9 Å². The molecule has 6 saturated carbocycles. The Morgan fingerprint density at radius 1 is 0.449 bits per heavy atom. The van der Waals surface area contributed by atoms with Gasteiger partial charge in [-0.25, -0.2) is 0 Å². The minimum Gasteiger partial charge on any atom is -0.388 e. The molecule has 6 aliphatic rings. The smallest absolute Gasteiger partial charge is 0.388 e. The van der Waals surface area contributed by atoms with Gasteiger partial charge < -0.3 is 47.2 Å². The summed E-state index contributed by atoms with van der Waals surface area (Å²) in [6, 6.07) is 18.9. The van der Waals surface area contributed by atoms with Gasteiger partial charge in [0.1, 0.15) is 5.54 Å². The molecule has 8 unspecified atom stereocenters. The summed E-state index contributed by atoms with van der Waals surface area (Å²) >= 11 is 0. The summed E-state index contributed by atoms with van der Waals surface area (Å²) < 4.78 is 36.4. The number of nitrogens with one attached hydrogen (secondary N) is 7. The Morgan fingerprint density at radius 2 is 0.847 bits per heavy atom. The van der Waals surface area contributed by atoms with Gasteiger partial charge in [-0.3, -0.25) is 4.90 Å². The quantitative estimate of drug-likeness (QED) is 0.0682. The van der Waals surface area contributed by atoms with E-state index < -0.39 is 11.7 Å². The van der Waals surface area contributed by atoms with Crippen LogP contribution in [0.15, 0.2) is 30.3 Å². The highest BCUT2D eigenvalue weighted by Gasteiger charge is 2.47. The summed E-state index contributed by atoms with van der Waals surface area (Å²) in [5.74, 6) is 5.20. The number of benzene rings is 1.